The van der Waals surface area contributed by atoms with Gasteiger partial charge in [0.2, 0.25) is 0 Å². The Kier molecular flexibility index (Phi) is 8.71. The van der Waals surface area contributed by atoms with Crippen LogP contribution < -0.4 is 0 Å². The lowest BCUT2D eigenvalue weighted by atomic mass is 10.1. The summed E-state index contributed by atoms with van der Waals surface area (Å²) in [5.74, 6) is -15.2. The second-order valence-corrected chi connectivity index (χ2v) is 6.18. The minimum absolute atomic E-state index is 0.392. The predicted octanol–water partition coefficient (Wildman–Crippen LogP) is 4.45. The van der Waals surface area contributed by atoms with Gasteiger partial charge < -0.3 is 18.9 Å². The van der Waals surface area contributed by atoms with Gasteiger partial charge in [0.05, 0.1) is 33.0 Å². The summed E-state index contributed by atoms with van der Waals surface area (Å²) in [7, 11) is 0. The molecule has 0 bridgehead atoms. The Morgan fingerprint density at radius 3 is 1.38 bits per heavy atom. The number of epoxide rings is 2. The van der Waals surface area contributed by atoms with E-state index in [-0.39, 0.29) is 0 Å². The average molecular weight is 510 g/mol. The molecule has 0 spiro atoms. The third-order valence-corrected chi connectivity index (χ3v) is 3.45. The molecule has 5 nitrogen and oxygen atoms in total. The van der Waals surface area contributed by atoms with Crippen LogP contribution in [0.15, 0.2) is 0 Å². The molecule has 192 valence electrons. The van der Waals surface area contributed by atoms with Gasteiger partial charge in [-0.1, -0.05) is 0 Å². The molecule has 0 aromatic carbocycles. The topological polar surface area (TPSA) is 52.8 Å². The highest BCUT2D eigenvalue weighted by atomic mass is 19.4. The van der Waals surface area contributed by atoms with Crippen LogP contribution in [0.2, 0.25) is 0 Å². The van der Waals surface area contributed by atoms with Crippen molar-refractivity contribution in [3.8, 4) is 0 Å². The summed E-state index contributed by atoms with van der Waals surface area (Å²) < 4.78 is 180. The molecule has 2 aliphatic rings. The molecule has 0 amide bonds. The molecule has 18 heteroatoms. The summed E-state index contributed by atoms with van der Waals surface area (Å²) in [4.78, 5) is 0. The Labute approximate surface area is 170 Å². The Bertz CT molecular complexity index is 590. The van der Waals surface area contributed by atoms with E-state index in [9.17, 15) is 57.1 Å². The molecule has 32 heavy (non-hydrogen) atoms. The van der Waals surface area contributed by atoms with Crippen molar-refractivity contribution >= 4 is 0 Å². The summed E-state index contributed by atoms with van der Waals surface area (Å²) in [5.41, 5.74) is 0. The predicted molar refractivity (Wildman–Crippen MR) is 73.8 cm³/mol. The van der Waals surface area contributed by atoms with E-state index in [1.54, 1.807) is 4.74 Å². The van der Waals surface area contributed by atoms with Gasteiger partial charge in [0.15, 0.2) is 0 Å². The first kappa shape index (κ1) is 28.9. The van der Waals surface area contributed by atoms with Gasteiger partial charge in [-0.15, -0.1) is 0 Å². The number of ether oxygens (including phenoxy) is 5. The third-order valence-electron chi connectivity index (χ3n) is 3.45. The van der Waals surface area contributed by atoms with Gasteiger partial charge in [-0.3, -0.25) is 0 Å². The molecule has 0 N–H and O–H groups in total. The lowest BCUT2D eigenvalue weighted by Gasteiger charge is -2.35. The number of alkyl halides is 13. The van der Waals surface area contributed by atoms with E-state index in [0.717, 1.165) is 26.4 Å². The van der Waals surface area contributed by atoms with Crippen molar-refractivity contribution in [1.82, 2.24) is 0 Å². The molecule has 0 aromatic heterocycles. The normalized spacial score (nSPS) is 22.3. The van der Waals surface area contributed by atoms with Crippen LogP contribution in [0, 0.1) is 0 Å². The highest BCUT2D eigenvalue weighted by Crippen LogP contribution is 2.55. The van der Waals surface area contributed by atoms with Crippen molar-refractivity contribution < 1.29 is 80.8 Å². The quantitative estimate of drug-likeness (QED) is 0.304. The molecule has 2 heterocycles. The number of hydrogen-bond acceptors (Lipinski definition) is 5. The number of halogens is 13. The van der Waals surface area contributed by atoms with Gasteiger partial charge in [-0.2, -0.15) is 57.1 Å². The highest BCUT2D eigenvalue weighted by Gasteiger charge is 2.85. The molecule has 2 unspecified atom stereocenters. The maximum atomic E-state index is 12.7. The van der Waals surface area contributed by atoms with Crippen LogP contribution in [0.25, 0.3) is 0 Å². The van der Waals surface area contributed by atoms with Crippen molar-refractivity contribution in [3.05, 3.63) is 0 Å². The summed E-state index contributed by atoms with van der Waals surface area (Å²) in [6, 6.07) is 0. The molecular formula is C14H15F13O5. The van der Waals surface area contributed by atoms with E-state index in [1.807, 2.05) is 0 Å². The zero-order valence-electron chi connectivity index (χ0n) is 15.6. The smallest absolute Gasteiger partial charge is 0.376 e. The summed E-state index contributed by atoms with van der Waals surface area (Å²) in [6.07, 6.45) is -26.5. The summed E-state index contributed by atoms with van der Waals surface area (Å²) in [5, 5.41) is 0. The zero-order valence-corrected chi connectivity index (χ0v) is 15.6. The van der Waals surface area contributed by atoms with Crippen LogP contribution in [0.1, 0.15) is 6.92 Å². The van der Waals surface area contributed by atoms with Crippen molar-refractivity contribution in [2.45, 2.75) is 55.5 Å². The lowest BCUT2D eigenvalue weighted by Crippen LogP contribution is -2.64. The molecule has 2 aliphatic heterocycles. The average Bonchev–Trinajstić information content (AvgIpc) is 3.48. The lowest BCUT2D eigenvalue weighted by molar-refractivity contribution is -0.525. The highest BCUT2D eigenvalue weighted by molar-refractivity contribution is 4.97. The molecule has 0 radical (unpaired) electrons. The van der Waals surface area contributed by atoms with Crippen LogP contribution >= 0.6 is 0 Å². The summed E-state index contributed by atoms with van der Waals surface area (Å²) >= 11 is 0. The van der Waals surface area contributed by atoms with Crippen molar-refractivity contribution in [2.75, 3.05) is 33.0 Å². The van der Waals surface area contributed by atoms with Gasteiger partial charge in [-0.05, 0) is 6.92 Å². The fourth-order valence-electron chi connectivity index (χ4n) is 1.57. The minimum atomic E-state index is -7.63. The largest absolute Gasteiger partial charge is 0.460 e. The standard InChI is InChI=1S/C8H5F13O2.C6H10O3/c1-2-22-7(18,19)8(20,21)23-6(16,17)4(11,12)3(9,10)5(13,14)15;1(5-3-8-5)7-2-6-4-9-6/h2H2,1H3;5-6H,1-4H2. The van der Waals surface area contributed by atoms with Gasteiger partial charge in [-0.25, -0.2) is 4.74 Å². The second-order valence-electron chi connectivity index (χ2n) is 6.18. The Morgan fingerprint density at radius 1 is 0.656 bits per heavy atom. The van der Waals surface area contributed by atoms with Crippen molar-refractivity contribution in [3.63, 3.8) is 0 Å². The van der Waals surface area contributed by atoms with Crippen LogP contribution in [-0.4, -0.2) is 81.6 Å². The Hall–Kier alpha value is -1.11. The maximum absolute atomic E-state index is 12.7. The molecule has 2 saturated heterocycles. The molecule has 0 aromatic rings. The van der Waals surface area contributed by atoms with E-state index >= 15 is 0 Å². The van der Waals surface area contributed by atoms with Crippen molar-refractivity contribution in [2.24, 2.45) is 0 Å². The maximum Gasteiger partial charge on any atom is 0.460 e. The molecule has 2 atom stereocenters. The molecule has 0 aliphatic carbocycles. The monoisotopic (exact) mass is 510 g/mol. The van der Waals surface area contributed by atoms with Crippen LogP contribution in [0.5, 0.6) is 0 Å². The van der Waals surface area contributed by atoms with Gasteiger partial charge in [0.25, 0.3) is 0 Å². The van der Waals surface area contributed by atoms with Gasteiger partial charge in [0, 0.05) is 0 Å². The number of rotatable bonds is 11. The molecule has 0 saturated carbocycles. The fraction of sp³-hybridized carbons (Fsp3) is 1.00. The SMILES string of the molecule is C(OCC1CO1)C1CO1.CCOC(F)(F)C(F)(F)OC(F)(F)C(F)(F)C(F)(F)C(F)(F)F. The molecular weight excluding hydrogens is 495 g/mol. The van der Waals surface area contributed by atoms with Crippen LogP contribution in [-0.2, 0) is 23.7 Å². The minimum Gasteiger partial charge on any atom is -0.376 e. The Morgan fingerprint density at radius 2 is 1.06 bits per heavy atom. The first-order chi connectivity index (χ1) is 14.2. The molecule has 2 fully saturated rings. The van der Waals surface area contributed by atoms with E-state index in [2.05, 4.69) is 4.74 Å². The van der Waals surface area contributed by atoms with Gasteiger partial charge >= 0.3 is 36.3 Å². The van der Waals surface area contributed by atoms with Crippen LogP contribution in [0.3, 0.4) is 0 Å². The zero-order chi connectivity index (χ0) is 25.2. The van der Waals surface area contributed by atoms with Gasteiger partial charge in [0.1, 0.15) is 12.2 Å². The first-order valence-corrected chi connectivity index (χ1v) is 8.32. The number of hydrogen-bond donors (Lipinski definition) is 0. The van der Waals surface area contributed by atoms with Crippen molar-refractivity contribution in [1.29, 1.82) is 0 Å². The van der Waals surface area contributed by atoms with Crippen LogP contribution in [0.4, 0.5) is 57.1 Å². The second kappa shape index (κ2) is 9.63. The molecule has 2 rings (SSSR count). The van der Waals surface area contributed by atoms with E-state index in [4.69, 9.17) is 14.2 Å². The third kappa shape index (κ3) is 6.94. The Balaban J connectivity index is 0.000000461. The summed E-state index contributed by atoms with van der Waals surface area (Å²) in [6.45, 7) is 2.58. The van der Waals surface area contributed by atoms with E-state index in [0.29, 0.717) is 19.1 Å². The van der Waals surface area contributed by atoms with E-state index < -0.39 is 43.0 Å². The first-order valence-electron chi connectivity index (χ1n) is 8.32. The van der Waals surface area contributed by atoms with E-state index in [1.165, 1.54) is 0 Å². The fourth-order valence-corrected chi connectivity index (χ4v) is 1.57.